The largest absolute Gasteiger partial charge is 0.343 e. The van der Waals surface area contributed by atoms with Crippen molar-refractivity contribution < 1.29 is 9.59 Å². The van der Waals surface area contributed by atoms with Crippen molar-refractivity contribution in [1.29, 1.82) is 0 Å². The summed E-state index contributed by atoms with van der Waals surface area (Å²) in [7, 11) is 1.78. The summed E-state index contributed by atoms with van der Waals surface area (Å²) in [6, 6.07) is 10.2. The highest BCUT2D eigenvalue weighted by molar-refractivity contribution is 7.99. The van der Waals surface area contributed by atoms with Gasteiger partial charge < -0.3 is 15.5 Å². The minimum Gasteiger partial charge on any atom is -0.343 e. The van der Waals surface area contributed by atoms with Gasteiger partial charge in [0.25, 0.3) is 0 Å². The smallest absolute Gasteiger partial charge is 0.245 e. The van der Waals surface area contributed by atoms with Crippen LogP contribution in [0.25, 0.3) is 0 Å². The van der Waals surface area contributed by atoms with Crippen LogP contribution in [-0.4, -0.2) is 59.9 Å². The van der Waals surface area contributed by atoms with E-state index in [9.17, 15) is 9.59 Å². The van der Waals surface area contributed by atoms with Crippen LogP contribution in [-0.2, 0) is 16.0 Å². The number of rotatable bonds is 10. The van der Waals surface area contributed by atoms with Gasteiger partial charge in [0.1, 0.15) is 6.04 Å². The molecule has 5 nitrogen and oxygen atoms in total. The van der Waals surface area contributed by atoms with Crippen molar-refractivity contribution >= 4 is 23.6 Å². The Morgan fingerprint density at radius 2 is 1.84 bits per heavy atom. The maximum absolute atomic E-state index is 13.6. The predicted octanol–water partition coefficient (Wildman–Crippen LogP) is 3.63. The van der Waals surface area contributed by atoms with Crippen LogP contribution in [0.15, 0.2) is 30.3 Å². The molecule has 1 heterocycles. The molecule has 2 N–H and O–H groups in total. The van der Waals surface area contributed by atoms with Crippen LogP contribution < -0.4 is 10.6 Å². The molecule has 6 heteroatoms. The summed E-state index contributed by atoms with van der Waals surface area (Å²) in [4.78, 5) is 28.3. The van der Waals surface area contributed by atoms with Crippen molar-refractivity contribution in [3.63, 3.8) is 0 Å². The lowest BCUT2D eigenvalue weighted by Gasteiger charge is -2.35. The molecule has 0 bridgehead atoms. The summed E-state index contributed by atoms with van der Waals surface area (Å²) < 4.78 is 0. The summed E-state index contributed by atoms with van der Waals surface area (Å²) in [5.74, 6) is 2.40. The van der Waals surface area contributed by atoms with Crippen LogP contribution in [0.2, 0.25) is 0 Å². The quantitative estimate of drug-likeness (QED) is 0.540. The van der Waals surface area contributed by atoms with Crippen LogP contribution in [0.3, 0.4) is 0 Å². The van der Waals surface area contributed by atoms with E-state index in [1.54, 1.807) is 7.05 Å². The monoisotopic (exact) mass is 445 g/mol. The number of nitrogens with zero attached hydrogens (tertiary/aromatic N) is 1. The van der Waals surface area contributed by atoms with Crippen molar-refractivity contribution in [1.82, 2.24) is 15.5 Å². The number of likely N-dealkylation sites (N-methyl/N-ethyl adjacent to an activating group) is 1. The van der Waals surface area contributed by atoms with Gasteiger partial charge in [0.05, 0.1) is 6.04 Å². The fourth-order valence-corrected chi connectivity index (χ4v) is 5.96. The van der Waals surface area contributed by atoms with Gasteiger partial charge in [0, 0.05) is 18.3 Å². The predicted molar refractivity (Wildman–Crippen MR) is 129 cm³/mol. The average molecular weight is 446 g/mol. The van der Waals surface area contributed by atoms with Gasteiger partial charge in [0.15, 0.2) is 0 Å². The van der Waals surface area contributed by atoms with Crippen molar-refractivity contribution in [2.75, 3.05) is 25.1 Å². The van der Waals surface area contributed by atoms with E-state index in [4.69, 9.17) is 0 Å². The molecule has 1 aromatic carbocycles. The zero-order valence-corrected chi connectivity index (χ0v) is 20.0. The van der Waals surface area contributed by atoms with Crippen molar-refractivity contribution in [3.8, 4) is 0 Å². The van der Waals surface area contributed by atoms with Gasteiger partial charge in [-0.15, -0.1) is 0 Å². The van der Waals surface area contributed by atoms with Crippen LogP contribution in [0, 0.1) is 5.92 Å². The molecule has 0 unspecified atom stereocenters. The molecule has 1 aliphatic carbocycles. The molecule has 1 saturated carbocycles. The Kier molecular flexibility index (Phi) is 9.72. The zero-order valence-electron chi connectivity index (χ0n) is 19.1. The Labute approximate surface area is 192 Å². The molecule has 172 valence electrons. The molecule has 31 heavy (non-hydrogen) atoms. The second-order valence-electron chi connectivity index (χ2n) is 9.03. The van der Waals surface area contributed by atoms with E-state index in [0.29, 0.717) is 0 Å². The number of nitrogens with one attached hydrogen (secondary N) is 2. The van der Waals surface area contributed by atoms with Gasteiger partial charge in [-0.05, 0) is 63.3 Å². The zero-order chi connectivity index (χ0) is 22.1. The fourth-order valence-electron chi connectivity index (χ4n) is 4.79. The first-order chi connectivity index (χ1) is 15.1. The standard InChI is InChI=1S/C25H39N3O2S/c1-19(26-2)24(29)27-23(21-12-7-4-8-13-21)25(30)28-16-9-14-22(28)18-31-17-15-20-10-5-3-6-11-20/h3,5-6,10-11,19,21-23,26H,4,7-9,12-18H2,1-2H3,(H,27,29)/t19-,22-,23-/m0/s1. The molecule has 0 radical (unpaired) electrons. The van der Waals surface area contributed by atoms with Gasteiger partial charge in [-0.25, -0.2) is 0 Å². The average Bonchev–Trinajstić information content (AvgIpc) is 3.29. The second kappa shape index (κ2) is 12.5. The lowest BCUT2D eigenvalue weighted by Crippen LogP contribution is -2.56. The number of carbonyl (C=O) groups excluding carboxylic acids is 2. The molecular weight excluding hydrogens is 406 g/mol. The Balaban J connectivity index is 1.58. The number of benzene rings is 1. The van der Waals surface area contributed by atoms with Crippen molar-refractivity contribution in [2.24, 2.45) is 5.92 Å². The van der Waals surface area contributed by atoms with Gasteiger partial charge >= 0.3 is 0 Å². The van der Waals surface area contributed by atoms with E-state index >= 15 is 0 Å². The lowest BCUT2D eigenvalue weighted by molar-refractivity contribution is -0.139. The molecule has 2 amide bonds. The van der Waals surface area contributed by atoms with Gasteiger partial charge in [-0.2, -0.15) is 11.8 Å². The van der Waals surface area contributed by atoms with Crippen LogP contribution >= 0.6 is 11.8 Å². The second-order valence-corrected chi connectivity index (χ2v) is 10.2. The minimum absolute atomic E-state index is 0.0700. The molecule has 0 aromatic heterocycles. The number of carbonyl (C=O) groups is 2. The first kappa shape index (κ1) is 24.1. The molecule has 3 rings (SSSR count). The topological polar surface area (TPSA) is 61.4 Å². The highest BCUT2D eigenvalue weighted by atomic mass is 32.2. The number of hydrogen-bond acceptors (Lipinski definition) is 4. The Morgan fingerprint density at radius 3 is 2.55 bits per heavy atom. The summed E-state index contributed by atoms with van der Waals surface area (Å²) >= 11 is 1.94. The Bertz CT molecular complexity index is 693. The van der Waals surface area contributed by atoms with E-state index < -0.39 is 0 Å². The molecule has 2 aliphatic rings. The van der Waals surface area contributed by atoms with Crippen molar-refractivity contribution in [3.05, 3.63) is 35.9 Å². The minimum atomic E-state index is -0.376. The van der Waals surface area contributed by atoms with Crippen molar-refractivity contribution in [2.45, 2.75) is 76.4 Å². The normalized spacial score (nSPS) is 21.6. The van der Waals surface area contributed by atoms with Crippen LogP contribution in [0.1, 0.15) is 57.4 Å². The summed E-state index contributed by atoms with van der Waals surface area (Å²) in [5.41, 5.74) is 1.37. The number of amides is 2. The molecule has 1 aliphatic heterocycles. The highest BCUT2D eigenvalue weighted by Crippen LogP contribution is 2.30. The van der Waals surface area contributed by atoms with Crippen LogP contribution in [0.5, 0.6) is 0 Å². The van der Waals surface area contributed by atoms with E-state index in [2.05, 4.69) is 45.9 Å². The number of aryl methyl sites for hydroxylation is 1. The first-order valence-electron chi connectivity index (χ1n) is 12.0. The molecule has 1 saturated heterocycles. The van der Waals surface area contributed by atoms with Gasteiger partial charge in [0.2, 0.25) is 11.8 Å². The van der Waals surface area contributed by atoms with Gasteiger partial charge in [-0.3, -0.25) is 9.59 Å². The maximum atomic E-state index is 13.6. The molecule has 1 aromatic rings. The van der Waals surface area contributed by atoms with Gasteiger partial charge in [-0.1, -0.05) is 49.6 Å². The van der Waals surface area contributed by atoms with E-state index in [1.165, 1.54) is 12.0 Å². The third kappa shape index (κ3) is 6.98. The lowest BCUT2D eigenvalue weighted by atomic mass is 9.83. The summed E-state index contributed by atoms with van der Waals surface area (Å²) in [6.45, 7) is 2.67. The van der Waals surface area contributed by atoms with E-state index in [0.717, 1.165) is 63.0 Å². The fraction of sp³-hybridized carbons (Fsp3) is 0.680. The third-order valence-corrected chi connectivity index (χ3v) is 7.97. The summed E-state index contributed by atoms with van der Waals surface area (Å²) in [5, 5.41) is 6.12. The van der Waals surface area contributed by atoms with E-state index in [-0.39, 0.29) is 35.9 Å². The number of hydrogen-bond donors (Lipinski definition) is 2. The third-order valence-electron chi connectivity index (χ3n) is 6.86. The molecule has 0 spiro atoms. The maximum Gasteiger partial charge on any atom is 0.245 e. The summed E-state index contributed by atoms with van der Waals surface area (Å²) in [6.07, 6.45) is 8.83. The Morgan fingerprint density at radius 1 is 1.10 bits per heavy atom. The molecule has 2 fully saturated rings. The highest BCUT2D eigenvalue weighted by Gasteiger charge is 2.38. The molecule has 3 atom stereocenters. The first-order valence-corrected chi connectivity index (χ1v) is 13.2. The number of thioether (sulfide) groups is 1. The molecular formula is C25H39N3O2S. The van der Waals surface area contributed by atoms with Crippen LogP contribution in [0.4, 0.5) is 0 Å². The SMILES string of the molecule is CN[C@@H](C)C(=O)N[C@H](C(=O)N1CCC[C@H]1CSCCc1ccccc1)C1CCCCC1. The number of likely N-dealkylation sites (tertiary alicyclic amines) is 1. The van der Waals surface area contributed by atoms with E-state index in [1.807, 2.05) is 18.7 Å². The Hall–Kier alpha value is -1.53.